The Balaban J connectivity index is 0.000000160. The Kier molecular flexibility index (Phi) is 27.2. The number of carbonyl (C=O) groups excluding carboxylic acids is 3. The molecule has 15 rings (SSSR count). The quantitative estimate of drug-likeness (QED) is 0.0490. The summed E-state index contributed by atoms with van der Waals surface area (Å²) in [6, 6.07) is 31.6. The van der Waals surface area contributed by atoms with Crippen molar-refractivity contribution in [3.05, 3.63) is 277 Å². The van der Waals surface area contributed by atoms with Crippen LogP contribution in [0.25, 0.3) is 32.4 Å². The molecule has 636 valence electrons. The van der Waals surface area contributed by atoms with Crippen LogP contribution in [0.3, 0.4) is 0 Å². The van der Waals surface area contributed by atoms with Gasteiger partial charge in [-0.1, -0.05) is 78.0 Å². The lowest BCUT2D eigenvalue weighted by Gasteiger charge is -2.33. The Morgan fingerprint density at radius 1 is 0.371 bits per heavy atom. The maximum absolute atomic E-state index is 14.0. The van der Waals surface area contributed by atoms with Gasteiger partial charge in [-0.15, -0.1) is 0 Å². The fourth-order valence-electron chi connectivity index (χ4n) is 14.1. The highest BCUT2D eigenvalue weighted by Crippen LogP contribution is 2.39. The van der Waals surface area contributed by atoms with Gasteiger partial charge < -0.3 is 47.9 Å². The van der Waals surface area contributed by atoms with E-state index < -0.39 is 58.8 Å². The van der Waals surface area contributed by atoms with E-state index in [4.69, 9.17) is 17.2 Å². The zero-order valence-electron chi connectivity index (χ0n) is 68.3. The van der Waals surface area contributed by atoms with Crippen LogP contribution in [0.4, 0.5) is 78.4 Å². The number of benzene rings is 5. The number of hydrogen-bond acceptors (Lipinski definition) is 19. The second-order valence-electron chi connectivity index (χ2n) is 30.3. The van der Waals surface area contributed by atoms with E-state index in [2.05, 4.69) is 101 Å². The zero-order chi connectivity index (χ0) is 88.3. The molecule has 0 spiro atoms. The van der Waals surface area contributed by atoms with E-state index in [-0.39, 0.29) is 75.9 Å². The summed E-state index contributed by atoms with van der Waals surface area (Å²) in [7, 11) is 5.97. The summed E-state index contributed by atoms with van der Waals surface area (Å²) in [5, 5.41) is 11.2. The third-order valence-electron chi connectivity index (χ3n) is 21.4. The highest BCUT2D eigenvalue weighted by Gasteiger charge is 2.38. The predicted molar refractivity (Wildman–Crippen MR) is 458 cm³/mol. The smallest absolute Gasteiger partial charge is 0.383 e. The standard InChI is InChI=1S/C31H28F4N6O.C31H29F3N6O.C30H28F3N7O/c1-19-20(5-8-26-27-14-24(32)6-3-21(27)16-38-29(26)36)13-23(17-37-19)30(42)39-25-7-4-22(28(15-25)31(33,34)35)18-41-11-9-40(2)10-12-41;1-20-21(7-8-22-17-37-29(35)27-6-4-3-5-26(22)27)15-24(18-36-20)30(41)38-25-10-9-23(28(16-25)31(32,33)34)19-40-13-11-39(2)12-14-40;1-19-20(5-6-21-16-37-28(34)27-25(21)4-3-9-35-27)14-23(17-36-19)29(41)38-24-8-7-22(26(15-24)30(31,32)33)18-40-12-10-39(2)11-13-40/h3-4,6-7,13-17H,9-12,18H2,1-2H3,(H2,36,38)(H,39,42);3-6,9-10,15-18H,11-14,19H2,1-2H3,(H2,35,37)(H,38,41);3-4,7-9,14-17H,10-13,18H2,1-2H3,(H2,34,37)(H,38,41). The summed E-state index contributed by atoms with van der Waals surface area (Å²) < 4.78 is 140. The number of nitrogens with zero attached hydrogens (tertiary/aromatic N) is 13. The van der Waals surface area contributed by atoms with Crippen LogP contribution in [0.1, 0.15) is 115 Å². The molecule has 3 saturated heterocycles. The molecule has 0 bridgehead atoms. The molecule has 22 nitrogen and oxygen atoms in total. The number of nitrogen functional groups attached to an aromatic ring is 3. The maximum Gasteiger partial charge on any atom is 0.416 e. The first-order valence-electron chi connectivity index (χ1n) is 39.3. The molecule has 5 aromatic carbocycles. The van der Waals surface area contributed by atoms with Gasteiger partial charge in [0.2, 0.25) is 0 Å². The molecule has 0 unspecified atom stereocenters. The van der Waals surface area contributed by atoms with E-state index in [0.717, 1.165) is 73.6 Å². The van der Waals surface area contributed by atoms with Gasteiger partial charge in [0.15, 0.2) is 0 Å². The summed E-state index contributed by atoms with van der Waals surface area (Å²) in [5.74, 6) is 16.6. The highest BCUT2D eigenvalue weighted by atomic mass is 19.4. The van der Waals surface area contributed by atoms with Crippen LogP contribution < -0.4 is 33.2 Å². The van der Waals surface area contributed by atoms with Crippen molar-refractivity contribution in [1.29, 1.82) is 0 Å². The van der Waals surface area contributed by atoms with E-state index in [1.165, 1.54) is 79.4 Å². The van der Waals surface area contributed by atoms with Gasteiger partial charge in [-0.05, 0) is 144 Å². The molecule has 32 heteroatoms. The normalized spacial score (nSPS) is 14.5. The molecule has 124 heavy (non-hydrogen) atoms. The van der Waals surface area contributed by atoms with Crippen LogP contribution in [0.5, 0.6) is 0 Å². The van der Waals surface area contributed by atoms with Crippen molar-refractivity contribution in [2.24, 2.45) is 0 Å². The van der Waals surface area contributed by atoms with Crippen molar-refractivity contribution in [1.82, 2.24) is 64.3 Å². The summed E-state index contributed by atoms with van der Waals surface area (Å²) in [6.07, 6.45) is -3.35. The number of hydrogen-bond donors (Lipinski definition) is 6. The number of fused-ring (bicyclic) bond motifs is 3. The second kappa shape index (κ2) is 38.3. The first kappa shape index (κ1) is 88.3. The van der Waals surface area contributed by atoms with E-state index in [9.17, 15) is 58.3 Å². The summed E-state index contributed by atoms with van der Waals surface area (Å²) in [6.45, 7) is 14.7. The lowest BCUT2D eigenvalue weighted by atomic mass is 10.0. The van der Waals surface area contributed by atoms with Crippen molar-refractivity contribution >= 4 is 84.7 Å². The zero-order valence-corrected chi connectivity index (χ0v) is 68.3. The van der Waals surface area contributed by atoms with Crippen LogP contribution in [-0.2, 0) is 38.2 Å². The fourth-order valence-corrected chi connectivity index (χ4v) is 14.1. The average Bonchev–Trinajstić information content (AvgIpc) is 0.705. The number of pyridine rings is 7. The summed E-state index contributed by atoms with van der Waals surface area (Å²) in [4.78, 5) is 81.1. The van der Waals surface area contributed by atoms with E-state index in [0.29, 0.717) is 118 Å². The lowest BCUT2D eigenvalue weighted by molar-refractivity contribution is -0.139. The summed E-state index contributed by atoms with van der Waals surface area (Å²) in [5.41, 5.74) is 21.9. The molecule has 10 heterocycles. The Bertz CT molecular complexity index is 5990. The number of likely N-dealkylation sites (N-methyl/N-ethyl adjacent to an activating group) is 3. The number of amides is 3. The third-order valence-corrected chi connectivity index (χ3v) is 21.4. The Morgan fingerprint density at radius 2 is 0.734 bits per heavy atom. The molecule has 12 aromatic rings. The van der Waals surface area contributed by atoms with Crippen molar-refractivity contribution < 1.29 is 58.3 Å². The number of alkyl halides is 9. The first-order chi connectivity index (χ1) is 59.1. The number of nitrogens with one attached hydrogen (secondary N) is 3. The minimum absolute atomic E-state index is 0.0132. The highest BCUT2D eigenvalue weighted by molar-refractivity contribution is 6.06. The molecule has 3 aliphatic heterocycles. The van der Waals surface area contributed by atoms with Crippen molar-refractivity contribution in [2.45, 2.75) is 58.9 Å². The molecule has 7 aromatic heterocycles. The van der Waals surface area contributed by atoms with Gasteiger partial charge in [0.05, 0.1) is 67.2 Å². The van der Waals surface area contributed by atoms with Gasteiger partial charge in [-0.25, -0.2) is 19.3 Å². The van der Waals surface area contributed by atoms with E-state index >= 15 is 0 Å². The van der Waals surface area contributed by atoms with Crippen molar-refractivity contribution in [3.8, 4) is 35.5 Å². The number of nitrogens with two attached hydrogens (primary N) is 3. The molecule has 0 aliphatic carbocycles. The van der Waals surface area contributed by atoms with Crippen LogP contribution in [0.2, 0.25) is 0 Å². The molecule has 3 amide bonds. The Labute approximate surface area is 708 Å². The number of halogens is 10. The lowest BCUT2D eigenvalue weighted by Crippen LogP contribution is -2.44. The predicted octanol–water partition coefficient (Wildman–Crippen LogP) is 14.4. The number of aromatic nitrogens is 7. The average molecular weight is 1690 g/mol. The number of rotatable bonds is 12. The molecular weight excluding hydrogens is 1610 g/mol. The van der Waals surface area contributed by atoms with Gasteiger partial charge in [-0.2, -0.15) is 39.5 Å². The Hall–Kier alpha value is -13.5. The van der Waals surface area contributed by atoms with Crippen molar-refractivity contribution in [3.63, 3.8) is 0 Å². The van der Waals surface area contributed by atoms with E-state index in [1.807, 2.05) is 66.2 Å². The number of anilines is 6. The van der Waals surface area contributed by atoms with Crippen LogP contribution in [0, 0.1) is 62.1 Å². The van der Waals surface area contributed by atoms with E-state index in [1.54, 1.807) is 63.6 Å². The monoisotopic (exact) mass is 1690 g/mol. The van der Waals surface area contributed by atoms with Crippen LogP contribution >= 0.6 is 0 Å². The van der Waals surface area contributed by atoms with Gasteiger partial charge in [0, 0.05) is 202 Å². The molecule has 3 fully saturated rings. The minimum atomic E-state index is -4.59. The van der Waals surface area contributed by atoms with Gasteiger partial charge in [0.25, 0.3) is 17.7 Å². The summed E-state index contributed by atoms with van der Waals surface area (Å²) >= 11 is 0. The van der Waals surface area contributed by atoms with Crippen LogP contribution in [-0.4, -0.2) is 182 Å². The molecule has 9 N–H and O–H groups in total. The van der Waals surface area contributed by atoms with Crippen molar-refractivity contribution in [2.75, 3.05) is 133 Å². The minimum Gasteiger partial charge on any atom is -0.383 e. The molecular formula is C92H85F10N19O3. The first-order valence-corrected chi connectivity index (χ1v) is 39.3. The second-order valence-corrected chi connectivity index (χ2v) is 30.3. The Morgan fingerprint density at radius 3 is 1.15 bits per heavy atom. The van der Waals surface area contributed by atoms with Gasteiger partial charge in [0.1, 0.15) is 28.8 Å². The third kappa shape index (κ3) is 22.2. The fraction of sp³-hybridized carbons (Fsp3) is 0.261. The number of carbonyl (C=O) groups is 3. The number of piperazine rings is 3. The SMILES string of the molecule is Cc1ncc(C(=O)Nc2ccc(CN3CCN(C)CC3)c(C(F)(F)F)c2)cc1C#Cc1c(N)ncc2ccc(F)cc12.Cc1ncc(C(=O)Nc2ccc(CN3CCN(C)CC3)c(C(F)(F)F)c2)cc1C#Cc1cnc(N)c2ccccc12.Cc1ncc(C(=O)Nc2ccc(CN3CCN(C)CC3)c(C(F)(F)F)c2)cc1C#Cc1cnc(N)c2ncccc12. The molecule has 0 radical (unpaired) electrons. The molecule has 0 saturated carbocycles. The topological polar surface area (TPSA) is 275 Å². The molecule has 0 atom stereocenters. The number of aryl methyl sites for hydroxylation is 3. The van der Waals surface area contributed by atoms with Gasteiger partial charge >= 0.3 is 18.5 Å². The molecule has 3 aliphatic rings. The largest absolute Gasteiger partial charge is 0.416 e. The maximum atomic E-state index is 14.0. The van der Waals surface area contributed by atoms with Crippen LogP contribution in [0.15, 0.2) is 171 Å². The van der Waals surface area contributed by atoms with Gasteiger partial charge in [-0.3, -0.25) is 49.0 Å².